The van der Waals surface area contributed by atoms with Gasteiger partial charge in [-0.15, -0.1) is 0 Å². The van der Waals surface area contributed by atoms with E-state index in [4.69, 9.17) is 9.84 Å². The number of hydrogen-bond donors (Lipinski definition) is 2. The summed E-state index contributed by atoms with van der Waals surface area (Å²) in [5.74, 6) is -0.929. The lowest BCUT2D eigenvalue weighted by molar-refractivity contribution is -0.187. The standard InChI is InChI=1S/C12H17N3O4/c16-7-9-6-13-15(14-9)12(10(17)18)4-5-19-11(8-12)2-1-3-11/h6,16H,1-5,7-8H2,(H,17,18). The molecule has 1 spiro atoms. The number of aliphatic carboxylic acids is 1. The van der Waals surface area contributed by atoms with Gasteiger partial charge in [-0.3, -0.25) is 0 Å². The predicted octanol–water partition coefficient (Wildman–Crippen LogP) is 0.283. The van der Waals surface area contributed by atoms with Crippen molar-refractivity contribution in [3.05, 3.63) is 11.9 Å². The van der Waals surface area contributed by atoms with Crippen LogP contribution in [0.15, 0.2) is 6.20 Å². The molecule has 0 bridgehead atoms. The van der Waals surface area contributed by atoms with E-state index in [1.165, 1.54) is 11.0 Å². The van der Waals surface area contributed by atoms with Gasteiger partial charge >= 0.3 is 5.97 Å². The van der Waals surface area contributed by atoms with Crippen molar-refractivity contribution in [3.63, 3.8) is 0 Å². The molecular weight excluding hydrogens is 250 g/mol. The summed E-state index contributed by atoms with van der Waals surface area (Å²) in [6, 6.07) is 0. The third-order valence-electron chi connectivity index (χ3n) is 4.29. The van der Waals surface area contributed by atoms with Gasteiger partial charge in [-0.1, -0.05) is 0 Å². The number of aliphatic hydroxyl groups is 1. The first-order valence-electron chi connectivity index (χ1n) is 6.50. The van der Waals surface area contributed by atoms with E-state index in [0.29, 0.717) is 25.1 Å². The van der Waals surface area contributed by atoms with Crippen molar-refractivity contribution in [2.75, 3.05) is 6.61 Å². The molecule has 2 heterocycles. The molecule has 2 N–H and O–H groups in total. The van der Waals surface area contributed by atoms with Gasteiger partial charge in [-0.2, -0.15) is 15.0 Å². The summed E-state index contributed by atoms with van der Waals surface area (Å²) in [5, 5.41) is 26.8. The summed E-state index contributed by atoms with van der Waals surface area (Å²) in [7, 11) is 0. The van der Waals surface area contributed by atoms with Gasteiger partial charge < -0.3 is 14.9 Å². The van der Waals surface area contributed by atoms with Crippen LogP contribution in [0.2, 0.25) is 0 Å². The zero-order valence-electron chi connectivity index (χ0n) is 10.6. The molecule has 7 nitrogen and oxygen atoms in total. The van der Waals surface area contributed by atoms with E-state index in [0.717, 1.165) is 19.3 Å². The van der Waals surface area contributed by atoms with E-state index < -0.39 is 11.5 Å². The van der Waals surface area contributed by atoms with E-state index in [9.17, 15) is 9.90 Å². The second kappa shape index (κ2) is 4.28. The third kappa shape index (κ3) is 1.84. The molecule has 1 atom stereocenters. The molecule has 1 aromatic heterocycles. The van der Waals surface area contributed by atoms with Crippen LogP contribution in [0.3, 0.4) is 0 Å². The van der Waals surface area contributed by atoms with Gasteiger partial charge in [0, 0.05) is 12.8 Å². The van der Waals surface area contributed by atoms with Crippen LogP contribution < -0.4 is 0 Å². The number of carboxylic acid groups (broad SMARTS) is 1. The minimum absolute atomic E-state index is 0.239. The minimum Gasteiger partial charge on any atom is -0.479 e. The van der Waals surface area contributed by atoms with Gasteiger partial charge in [-0.05, 0) is 19.3 Å². The first-order chi connectivity index (χ1) is 9.10. The zero-order chi connectivity index (χ0) is 13.5. The average molecular weight is 267 g/mol. The summed E-state index contributed by atoms with van der Waals surface area (Å²) in [5.41, 5.74) is -1.08. The van der Waals surface area contributed by atoms with Gasteiger partial charge in [-0.25, -0.2) is 4.79 Å². The van der Waals surface area contributed by atoms with Gasteiger partial charge in [0.1, 0.15) is 5.69 Å². The van der Waals surface area contributed by atoms with Gasteiger partial charge in [0.15, 0.2) is 5.54 Å². The molecule has 2 fully saturated rings. The number of aliphatic hydroxyl groups excluding tert-OH is 1. The second-order valence-electron chi connectivity index (χ2n) is 5.43. The molecule has 1 aliphatic heterocycles. The summed E-state index contributed by atoms with van der Waals surface area (Å²) < 4.78 is 5.78. The summed E-state index contributed by atoms with van der Waals surface area (Å²) in [6.45, 7) is 0.166. The fraction of sp³-hybridized carbons (Fsp3) is 0.750. The monoisotopic (exact) mass is 267 g/mol. The number of ether oxygens (including phenoxy) is 1. The summed E-state index contributed by atoms with van der Waals surface area (Å²) in [6.07, 6.45) is 5.03. The molecule has 19 heavy (non-hydrogen) atoms. The SMILES string of the molecule is O=C(O)C1(n2ncc(CO)n2)CCOC2(CCC2)C1. The predicted molar refractivity (Wildman–Crippen MR) is 63.3 cm³/mol. The van der Waals surface area contributed by atoms with Crippen LogP contribution in [0.4, 0.5) is 0 Å². The van der Waals surface area contributed by atoms with E-state index in [1.54, 1.807) is 0 Å². The molecule has 1 aliphatic carbocycles. The Morgan fingerprint density at radius 3 is 2.79 bits per heavy atom. The smallest absolute Gasteiger partial charge is 0.333 e. The van der Waals surface area contributed by atoms with Gasteiger partial charge in [0.2, 0.25) is 0 Å². The van der Waals surface area contributed by atoms with E-state index in [-0.39, 0.29) is 12.2 Å². The highest BCUT2D eigenvalue weighted by Gasteiger charge is 2.55. The maximum Gasteiger partial charge on any atom is 0.333 e. The number of rotatable bonds is 3. The number of carbonyl (C=O) groups is 1. The minimum atomic E-state index is -1.15. The Bertz CT molecular complexity index is 497. The topological polar surface area (TPSA) is 97.5 Å². The van der Waals surface area contributed by atoms with E-state index >= 15 is 0 Å². The zero-order valence-corrected chi connectivity index (χ0v) is 10.6. The van der Waals surface area contributed by atoms with Crippen molar-refractivity contribution in [1.82, 2.24) is 15.0 Å². The van der Waals surface area contributed by atoms with Crippen LogP contribution in [0.1, 0.15) is 37.8 Å². The highest BCUT2D eigenvalue weighted by molar-refractivity contribution is 5.76. The van der Waals surface area contributed by atoms with Crippen LogP contribution >= 0.6 is 0 Å². The Hall–Kier alpha value is -1.47. The third-order valence-corrected chi connectivity index (χ3v) is 4.29. The van der Waals surface area contributed by atoms with E-state index in [1.807, 2.05) is 0 Å². The van der Waals surface area contributed by atoms with Crippen LogP contribution in [-0.2, 0) is 21.7 Å². The van der Waals surface area contributed by atoms with Crippen molar-refractivity contribution < 1.29 is 19.7 Å². The normalized spacial score (nSPS) is 29.1. The maximum atomic E-state index is 11.8. The lowest BCUT2D eigenvalue weighted by Gasteiger charge is -2.50. The van der Waals surface area contributed by atoms with Crippen molar-refractivity contribution in [1.29, 1.82) is 0 Å². The van der Waals surface area contributed by atoms with Crippen LogP contribution in [0.25, 0.3) is 0 Å². The lowest BCUT2D eigenvalue weighted by atomic mass is 9.69. The number of aromatic nitrogens is 3. The Morgan fingerprint density at radius 1 is 1.47 bits per heavy atom. The summed E-state index contributed by atoms with van der Waals surface area (Å²) >= 11 is 0. The van der Waals surface area contributed by atoms with Crippen molar-refractivity contribution in [3.8, 4) is 0 Å². The largest absolute Gasteiger partial charge is 0.479 e. The first kappa shape index (κ1) is 12.6. The van der Waals surface area contributed by atoms with Crippen molar-refractivity contribution in [2.24, 2.45) is 0 Å². The molecular formula is C12H17N3O4. The Morgan fingerprint density at radius 2 is 2.26 bits per heavy atom. The highest BCUT2D eigenvalue weighted by Crippen LogP contribution is 2.48. The molecule has 1 saturated heterocycles. The summed E-state index contributed by atoms with van der Waals surface area (Å²) in [4.78, 5) is 13.0. The lowest BCUT2D eigenvalue weighted by Crippen LogP contribution is -2.57. The van der Waals surface area contributed by atoms with Crippen molar-refractivity contribution >= 4 is 5.97 Å². The van der Waals surface area contributed by atoms with Crippen LogP contribution in [0.5, 0.6) is 0 Å². The van der Waals surface area contributed by atoms with Gasteiger partial charge in [0.05, 0.1) is 25.0 Å². The molecule has 2 aliphatic rings. The molecule has 1 unspecified atom stereocenters. The first-order valence-corrected chi connectivity index (χ1v) is 6.50. The fourth-order valence-corrected chi connectivity index (χ4v) is 3.01. The Balaban J connectivity index is 1.96. The molecule has 7 heteroatoms. The second-order valence-corrected chi connectivity index (χ2v) is 5.43. The molecule has 0 amide bonds. The molecule has 0 aromatic carbocycles. The van der Waals surface area contributed by atoms with Crippen molar-refractivity contribution in [2.45, 2.75) is 49.9 Å². The molecule has 1 saturated carbocycles. The van der Waals surface area contributed by atoms with Crippen LogP contribution in [-0.4, -0.2) is 43.4 Å². The van der Waals surface area contributed by atoms with E-state index in [2.05, 4.69) is 10.2 Å². The van der Waals surface area contributed by atoms with Gasteiger partial charge in [0.25, 0.3) is 0 Å². The van der Waals surface area contributed by atoms with Crippen LogP contribution in [0, 0.1) is 0 Å². The highest BCUT2D eigenvalue weighted by atomic mass is 16.5. The molecule has 3 rings (SSSR count). The molecule has 0 radical (unpaired) electrons. The molecule has 104 valence electrons. The number of hydrogen-bond acceptors (Lipinski definition) is 5. The number of nitrogens with zero attached hydrogens (tertiary/aromatic N) is 3. The maximum absolute atomic E-state index is 11.8. The Kier molecular flexibility index (Phi) is 2.83. The number of carboxylic acids is 1. The fourth-order valence-electron chi connectivity index (χ4n) is 3.01. The average Bonchev–Trinajstić information content (AvgIpc) is 2.86. The molecule has 1 aromatic rings. The Labute approximate surface area is 110 Å². The quantitative estimate of drug-likeness (QED) is 0.816.